The van der Waals surface area contributed by atoms with E-state index in [1.807, 2.05) is 43.3 Å². The van der Waals surface area contributed by atoms with Gasteiger partial charge < -0.3 is 9.73 Å². The van der Waals surface area contributed by atoms with Crippen LogP contribution in [0.15, 0.2) is 76.1 Å². The predicted molar refractivity (Wildman–Crippen MR) is 119 cm³/mol. The minimum atomic E-state index is -0.355. The number of nitrogens with zero attached hydrogens (tertiary/aromatic N) is 5. The Morgan fingerprint density at radius 2 is 1.87 bits per heavy atom. The van der Waals surface area contributed by atoms with Crippen LogP contribution < -0.4 is 5.32 Å². The molecule has 0 aliphatic heterocycles. The number of fused-ring (bicyclic) bond motifs is 1. The van der Waals surface area contributed by atoms with Crippen LogP contribution in [0.2, 0.25) is 0 Å². The van der Waals surface area contributed by atoms with Crippen LogP contribution in [0.5, 0.6) is 0 Å². The summed E-state index contributed by atoms with van der Waals surface area (Å²) in [4.78, 5) is 21.9. The monoisotopic (exact) mass is 474 g/mol. The van der Waals surface area contributed by atoms with Crippen molar-refractivity contribution in [2.45, 2.75) is 6.92 Å². The molecule has 3 aromatic heterocycles. The van der Waals surface area contributed by atoms with Crippen LogP contribution in [0.25, 0.3) is 28.4 Å². The Labute approximate surface area is 185 Å². The van der Waals surface area contributed by atoms with Crippen molar-refractivity contribution >= 4 is 38.6 Å². The number of benzene rings is 2. The van der Waals surface area contributed by atoms with E-state index in [0.717, 1.165) is 16.6 Å². The van der Waals surface area contributed by atoms with Gasteiger partial charge in [-0.15, -0.1) is 10.2 Å². The lowest BCUT2D eigenvalue weighted by molar-refractivity contribution is 0.102. The van der Waals surface area contributed by atoms with E-state index < -0.39 is 0 Å². The Hall–Kier alpha value is -3.85. The van der Waals surface area contributed by atoms with Gasteiger partial charge in [0.2, 0.25) is 5.89 Å². The smallest absolute Gasteiger partial charge is 0.275 e. The lowest BCUT2D eigenvalue weighted by Gasteiger charge is -2.09. The molecule has 0 unspecified atom stereocenters. The maximum atomic E-state index is 12.9. The van der Waals surface area contributed by atoms with Gasteiger partial charge in [-0.3, -0.25) is 9.36 Å². The van der Waals surface area contributed by atoms with Crippen molar-refractivity contribution in [3.05, 3.63) is 83.0 Å². The zero-order valence-electron chi connectivity index (χ0n) is 16.3. The number of aromatic nitrogens is 5. The van der Waals surface area contributed by atoms with E-state index in [9.17, 15) is 4.79 Å². The molecule has 0 aliphatic carbocycles. The molecule has 3 heterocycles. The number of nitrogens with one attached hydrogen (secondary N) is 1. The normalized spacial score (nSPS) is 11.0. The fourth-order valence-electron chi connectivity index (χ4n) is 3.14. The average Bonchev–Trinajstić information content (AvgIpc) is 3.44. The highest BCUT2D eigenvalue weighted by molar-refractivity contribution is 9.10. The van der Waals surface area contributed by atoms with Crippen molar-refractivity contribution in [1.82, 2.24) is 24.7 Å². The lowest BCUT2D eigenvalue weighted by Crippen LogP contribution is -2.15. The third kappa shape index (κ3) is 3.82. The fraction of sp³-hybridized carbons (Fsp3) is 0.0455. The fourth-order valence-corrected chi connectivity index (χ4v) is 3.54. The van der Waals surface area contributed by atoms with Crippen LogP contribution in [-0.2, 0) is 0 Å². The molecule has 1 N–H and O–H groups in total. The van der Waals surface area contributed by atoms with Gasteiger partial charge in [-0.1, -0.05) is 12.1 Å². The second kappa shape index (κ2) is 7.77. The summed E-state index contributed by atoms with van der Waals surface area (Å²) in [6, 6.07) is 16.7. The van der Waals surface area contributed by atoms with Crippen molar-refractivity contribution in [3.63, 3.8) is 0 Å². The van der Waals surface area contributed by atoms with E-state index >= 15 is 0 Å². The first-order valence-electron chi connectivity index (χ1n) is 9.37. The minimum absolute atomic E-state index is 0.244. The SMILES string of the molecule is Cc1ccc2oc(-c3cccc(NC(=O)c4nc(-n5cnnc5)ccc4Br)c3)nc2c1. The largest absolute Gasteiger partial charge is 0.436 e. The van der Waals surface area contributed by atoms with Crippen LogP contribution in [0, 0.1) is 6.92 Å². The first kappa shape index (κ1) is 19.1. The Bertz CT molecular complexity index is 1410. The van der Waals surface area contributed by atoms with E-state index in [0.29, 0.717) is 27.5 Å². The number of pyridine rings is 1. The van der Waals surface area contributed by atoms with Crippen LogP contribution in [0.4, 0.5) is 5.69 Å². The van der Waals surface area contributed by atoms with Gasteiger partial charge in [0, 0.05) is 15.7 Å². The van der Waals surface area contributed by atoms with Gasteiger partial charge in [0.05, 0.1) is 0 Å². The van der Waals surface area contributed by atoms with Gasteiger partial charge in [-0.25, -0.2) is 9.97 Å². The number of hydrogen-bond donors (Lipinski definition) is 1. The number of halogens is 1. The third-order valence-electron chi connectivity index (χ3n) is 4.64. The number of carbonyl (C=O) groups is 1. The summed E-state index contributed by atoms with van der Waals surface area (Å²) >= 11 is 3.40. The summed E-state index contributed by atoms with van der Waals surface area (Å²) in [7, 11) is 0. The molecule has 0 saturated carbocycles. The zero-order chi connectivity index (χ0) is 21.4. The summed E-state index contributed by atoms with van der Waals surface area (Å²) in [5.74, 6) is 0.673. The standard InChI is InChI=1S/C22H15BrN6O2/c1-13-5-7-18-17(9-13)27-22(31-18)14-3-2-4-15(10-14)26-21(30)20-16(23)6-8-19(28-20)29-11-24-25-12-29/h2-12H,1H3,(H,26,30). The second-order valence-electron chi connectivity index (χ2n) is 6.89. The molecular weight excluding hydrogens is 460 g/mol. The van der Waals surface area contributed by atoms with Gasteiger partial charge >= 0.3 is 0 Å². The second-order valence-corrected chi connectivity index (χ2v) is 7.75. The molecule has 0 saturated heterocycles. The summed E-state index contributed by atoms with van der Waals surface area (Å²) in [5, 5.41) is 10.4. The van der Waals surface area contributed by atoms with Crippen molar-refractivity contribution in [2.75, 3.05) is 5.32 Å². The maximum absolute atomic E-state index is 12.9. The van der Waals surface area contributed by atoms with Crippen molar-refractivity contribution in [1.29, 1.82) is 0 Å². The Balaban J connectivity index is 1.43. The van der Waals surface area contributed by atoms with E-state index in [1.54, 1.807) is 22.8 Å². The van der Waals surface area contributed by atoms with E-state index in [1.165, 1.54) is 12.7 Å². The Morgan fingerprint density at radius 3 is 2.71 bits per heavy atom. The average molecular weight is 475 g/mol. The lowest BCUT2D eigenvalue weighted by atomic mass is 10.2. The highest BCUT2D eigenvalue weighted by Gasteiger charge is 2.15. The number of hydrogen-bond acceptors (Lipinski definition) is 6. The van der Waals surface area contributed by atoms with Gasteiger partial charge in [-0.2, -0.15) is 0 Å². The highest BCUT2D eigenvalue weighted by atomic mass is 79.9. The topological polar surface area (TPSA) is 98.7 Å². The summed E-state index contributed by atoms with van der Waals surface area (Å²) < 4.78 is 8.07. The molecule has 0 fully saturated rings. The molecule has 0 bridgehead atoms. The van der Waals surface area contributed by atoms with Crippen LogP contribution in [0.3, 0.4) is 0 Å². The van der Waals surface area contributed by atoms with Crippen LogP contribution in [-0.4, -0.2) is 30.6 Å². The molecule has 5 aromatic rings. The van der Waals surface area contributed by atoms with Gasteiger partial charge in [-0.05, 0) is 70.9 Å². The summed E-state index contributed by atoms with van der Waals surface area (Å²) in [6.45, 7) is 2.01. The maximum Gasteiger partial charge on any atom is 0.275 e. The summed E-state index contributed by atoms with van der Waals surface area (Å²) in [6.07, 6.45) is 3.03. The van der Waals surface area contributed by atoms with Crippen molar-refractivity contribution in [3.8, 4) is 17.3 Å². The highest BCUT2D eigenvalue weighted by Crippen LogP contribution is 2.27. The molecular formula is C22H15BrN6O2. The molecule has 1 amide bonds. The Kier molecular flexibility index (Phi) is 4.79. The number of oxazole rings is 1. The first-order chi connectivity index (χ1) is 15.1. The number of rotatable bonds is 4. The molecule has 0 aliphatic rings. The molecule has 31 heavy (non-hydrogen) atoms. The minimum Gasteiger partial charge on any atom is -0.436 e. The van der Waals surface area contributed by atoms with Gasteiger partial charge in [0.1, 0.15) is 29.7 Å². The number of amides is 1. The quantitative estimate of drug-likeness (QED) is 0.401. The van der Waals surface area contributed by atoms with Crippen LogP contribution >= 0.6 is 15.9 Å². The van der Waals surface area contributed by atoms with E-state index in [4.69, 9.17) is 4.42 Å². The number of carbonyl (C=O) groups excluding carboxylic acids is 1. The molecule has 0 radical (unpaired) electrons. The molecule has 0 spiro atoms. The van der Waals surface area contributed by atoms with Crippen molar-refractivity contribution in [2.24, 2.45) is 0 Å². The zero-order valence-corrected chi connectivity index (χ0v) is 17.9. The molecule has 8 nitrogen and oxygen atoms in total. The van der Waals surface area contributed by atoms with E-state index in [2.05, 4.69) is 41.4 Å². The van der Waals surface area contributed by atoms with Gasteiger partial charge in [0.15, 0.2) is 5.58 Å². The number of anilines is 1. The first-order valence-corrected chi connectivity index (χ1v) is 10.2. The molecule has 5 rings (SSSR count). The molecule has 0 atom stereocenters. The molecule has 2 aromatic carbocycles. The molecule has 152 valence electrons. The summed E-state index contributed by atoms with van der Waals surface area (Å²) in [5.41, 5.74) is 4.23. The third-order valence-corrected chi connectivity index (χ3v) is 5.28. The van der Waals surface area contributed by atoms with E-state index in [-0.39, 0.29) is 11.6 Å². The number of aryl methyl sites for hydroxylation is 1. The predicted octanol–water partition coefficient (Wildman–Crippen LogP) is 4.79. The van der Waals surface area contributed by atoms with Gasteiger partial charge in [0.25, 0.3) is 5.91 Å². The molecule has 9 heteroatoms. The van der Waals surface area contributed by atoms with Crippen molar-refractivity contribution < 1.29 is 9.21 Å². The Morgan fingerprint density at radius 1 is 1.03 bits per heavy atom. The van der Waals surface area contributed by atoms with Crippen LogP contribution in [0.1, 0.15) is 16.1 Å².